The highest BCUT2D eigenvalue weighted by Gasteiger charge is 2.27. The van der Waals surface area contributed by atoms with Crippen molar-refractivity contribution in [3.05, 3.63) is 139 Å². The minimum Gasteiger partial charge on any atom is -0.444 e. The van der Waals surface area contributed by atoms with Crippen LogP contribution in [0.3, 0.4) is 0 Å². The summed E-state index contributed by atoms with van der Waals surface area (Å²) in [5.41, 5.74) is 16.1. The van der Waals surface area contributed by atoms with E-state index in [4.69, 9.17) is 19.9 Å². The lowest BCUT2D eigenvalue weighted by atomic mass is 10.1. The quantitative estimate of drug-likeness (QED) is 0.0623. The molecule has 12 aromatic rings. The number of amides is 5. The smallest absolute Gasteiger partial charge is 0.408 e. The molecule has 0 saturated heterocycles. The highest BCUT2D eigenvalue weighted by Crippen LogP contribution is 2.44. The Labute approximate surface area is 628 Å². The zero-order valence-corrected chi connectivity index (χ0v) is 66.9. The molecule has 9 N–H and O–H groups in total. The molecule has 8 aromatic heterocycles. The molecular weight excluding hydrogens is 1400 g/mol. The molecule has 1 aliphatic rings. The minimum absolute atomic E-state index is 0.0110. The summed E-state index contributed by atoms with van der Waals surface area (Å²) in [6.07, 6.45) is -1.57. The van der Waals surface area contributed by atoms with Gasteiger partial charge in [-0.1, -0.05) is 24.3 Å². The third kappa shape index (κ3) is 20.2. The van der Waals surface area contributed by atoms with E-state index in [0.29, 0.717) is 6.54 Å². The van der Waals surface area contributed by atoms with Crippen LogP contribution >= 0.6 is 45.3 Å². The number of carbonyl (C=O) groups is 6. The summed E-state index contributed by atoms with van der Waals surface area (Å²) < 4.78 is 20.2. The number of nitrogens with two attached hydrogens (primary N) is 1. The van der Waals surface area contributed by atoms with E-state index in [9.17, 15) is 28.8 Å². The normalized spacial score (nSPS) is 13.8. The third-order valence-corrected chi connectivity index (χ3v) is 20.8. The summed E-state index contributed by atoms with van der Waals surface area (Å²) in [6.45, 7) is 40.3. The molecule has 1 aliphatic heterocycles. The van der Waals surface area contributed by atoms with Crippen molar-refractivity contribution < 1.29 is 43.0 Å². The fraction of sp³-hybridized carbons (Fsp3) is 0.375. The topological polar surface area (TPSA) is 292 Å². The molecule has 0 saturated carbocycles. The first-order valence-electron chi connectivity index (χ1n) is 34.8. The Morgan fingerprint density at radius 1 is 0.505 bits per heavy atom. The van der Waals surface area contributed by atoms with Crippen molar-refractivity contribution >= 4 is 188 Å². The SMILES string of the molecule is CC(=O)[C@H](C)NC(=O)OC(C)(C)C.Cc1ccc2c(ccc3sc(C)c(N)c32)n1.Cc1ccc2c(ccc3sc(C)c(NC(=O)[C@H](C)NC(=O)OC(C)(C)C)c32)n1.Cc1ccc2c(ccc3sc(C)c(NC[C@H](C)NC(=O)OC(C)(C)C)c32)n1.Cc1ccc2c(ccc3sc4c(c32)NC[C@H](C)NC4=O)n1. The number of pyridine rings is 4. The summed E-state index contributed by atoms with van der Waals surface area (Å²) in [4.78, 5) is 93.3. The number of thiophene rings is 4. The van der Waals surface area contributed by atoms with Gasteiger partial charge in [0.1, 0.15) is 27.7 Å². The second-order valence-corrected chi connectivity index (χ2v) is 34.1. The molecule has 554 valence electrons. The van der Waals surface area contributed by atoms with E-state index in [2.05, 4.69) is 120 Å². The maximum atomic E-state index is 12.7. The number of rotatable bonds is 9. The fourth-order valence-electron chi connectivity index (χ4n) is 11.5. The van der Waals surface area contributed by atoms with Crippen LogP contribution in [0.25, 0.3) is 84.0 Å². The van der Waals surface area contributed by atoms with Crippen molar-refractivity contribution in [1.82, 2.24) is 41.2 Å². The van der Waals surface area contributed by atoms with Crippen LogP contribution < -0.4 is 43.0 Å². The van der Waals surface area contributed by atoms with Crippen LogP contribution in [0.5, 0.6) is 0 Å². The fourth-order valence-corrected chi connectivity index (χ4v) is 15.6. The highest BCUT2D eigenvalue weighted by molar-refractivity contribution is 7.22. The Hall–Kier alpha value is -9.82. The van der Waals surface area contributed by atoms with E-state index < -0.39 is 47.2 Å². The zero-order chi connectivity index (χ0) is 76.9. The number of anilines is 4. The summed E-state index contributed by atoms with van der Waals surface area (Å²) in [7, 11) is 0. The molecule has 9 heterocycles. The van der Waals surface area contributed by atoms with Gasteiger partial charge in [-0.05, 0) is 218 Å². The number of ether oxygens (including phenoxy) is 3. The van der Waals surface area contributed by atoms with Gasteiger partial charge in [0.15, 0.2) is 5.78 Å². The minimum atomic E-state index is -0.737. The number of ketones is 1. The molecule has 105 heavy (non-hydrogen) atoms. The van der Waals surface area contributed by atoms with Crippen molar-refractivity contribution in [1.29, 1.82) is 0 Å². The number of nitrogens with one attached hydrogen (secondary N) is 7. The summed E-state index contributed by atoms with van der Waals surface area (Å²) in [6, 6.07) is 31.8. The van der Waals surface area contributed by atoms with Gasteiger partial charge < -0.3 is 57.2 Å². The van der Waals surface area contributed by atoms with E-state index in [1.165, 1.54) is 42.8 Å². The molecular formula is C80H96N12O9S4. The van der Waals surface area contributed by atoms with Gasteiger partial charge in [0.25, 0.3) is 5.91 Å². The van der Waals surface area contributed by atoms with Gasteiger partial charge in [-0.15, -0.1) is 45.3 Å². The Morgan fingerprint density at radius 3 is 1.31 bits per heavy atom. The molecule has 0 fully saturated rings. The lowest BCUT2D eigenvalue weighted by molar-refractivity contribution is -0.119. The first-order valence-corrected chi connectivity index (χ1v) is 38.0. The second-order valence-electron chi connectivity index (χ2n) is 29.3. The third-order valence-electron chi connectivity index (χ3n) is 16.5. The van der Waals surface area contributed by atoms with Crippen LogP contribution in [-0.4, -0.2) is 110 Å². The van der Waals surface area contributed by atoms with Crippen molar-refractivity contribution in [3.63, 3.8) is 0 Å². The Bertz CT molecular complexity index is 5290. The molecule has 25 heteroatoms. The highest BCUT2D eigenvalue weighted by atomic mass is 32.1. The van der Waals surface area contributed by atoms with Gasteiger partial charge in [0.05, 0.1) is 50.9 Å². The van der Waals surface area contributed by atoms with Crippen molar-refractivity contribution in [2.75, 3.05) is 34.8 Å². The molecule has 21 nitrogen and oxygen atoms in total. The Balaban J connectivity index is 0.000000156. The predicted molar refractivity (Wildman–Crippen MR) is 436 cm³/mol. The van der Waals surface area contributed by atoms with E-state index >= 15 is 0 Å². The van der Waals surface area contributed by atoms with E-state index in [1.54, 1.807) is 89.4 Å². The van der Waals surface area contributed by atoms with Gasteiger partial charge >= 0.3 is 18.3 Å². The summed E-state index contributed by atoms with van der Waals surface area (Å²) in [5.74, 6) is -0.381. The largest absolute Gasteiger partial charge is 0.444 e. The van der Waals surface area contributed by atoms with Crippen LogP contribution in [0, 0.1) is 48.5 Å². The molecule has 0 aliphatic carbocycles. The van der Waals surface area contributed by atoms with Crippen LogP contribution in [0.4, 0.5) is 37.1 Å². The standard InChI is InChI=1S/C21H25N3O3S.C21H27N3O2S.C16H15N3OS.C13H12N2S.C9H17NO3/c1-11-7-8-14-15(22-11)9-10-16-17(14)18(13(3)28-16)24-19(25)12(2)23-20(26)27-21(4,5)6;1-12-7-8-15-16(23-12)9-10-17-18(15)19(14(3)27-17)22-11-13(2)24-20(25)26-21(4,5)6;1-8-3-4-10-11(18-8)5-6-12-13(10)14-15(21-12)16(20)19-9(2)7-17-14;1-7-3-4-9-10(15-7)5-6-11-12(9)13(14)8(2)16-11;1-6(7(2)11)10-8(12)13-9(3,4)5/h7-10,12H,1-6H3,(H,23,26)(H,24,25);7-10,13,22H,11H2,1-6H3,(H,24,25);3-6,9,17H,7H2,1-2H3,(H,19,20);3-6H,14H2,1-2H3;6H,1-5H3,(H,10,12)/t12-;13-;9-;;6-/m000.0/s1. The maximum Gasteiger partial charge on any atom is 0.408 e. The second kappa shape index (κ2) is 32.7. The number of aryl methyl sites for hydroxylation is 7. The average molecular weight is 1500 g/mol. The lowest BCUT2D eigenvalue weighted by Crippen LogP contribution is -2.44. The zero-order valence-electron chi connectivity index (χ0n) is 63.6. The number of Topliss-reactive ketones (excluding diaryl/α,β-unsaturated/α-hetero) is 1. The first-order chi connectivity index (χ1) is 49.2. The number of benzene rings is 4. The van der Waals surface area contributed by atoms with Crippen LogP contribution in [-0.2, 0) is 23.8 Å². The number of fused-ring (bicyclic) bond motifs is 14. The molecule has 0 bridgehead atoms. The summed E-state index contributed by atoms with van der Waals surface area (Å²) in [5, 5.41) is 29.7. The number of nitrogen functional groups attached to an aromatic ring is 1. The molecule has 0 unspecified atom stereocenters. The van der Waals surface area contributed by atoms with E-state index in [1.807, 2.05) is 118 Å². The maximum absolute atomic E-state index is 12.7. The first kappa shape index (κ1) is 79.3. The van der Waals surface area contributed by atoms with E-state index in [-0.39, 0.29) is 29.7 Å². The van der Waals surface area contributed by atoms with Crippen LogP contribution in [0.2, 0.25) is 0 Å². The van der Waals surface area contributed by atoms with Crippen LogP contribution in [0.1, 0.15) is 144 Å². The van der Waals surface area contributed by atoms with Gasteiger partial charge in [-0.25, -0.2) is 14.4 Å². The summed E-state index contributed by atoms with van der Waals surface area (Å²) >= 11 is 6.67. The van der Waals surface area contributed by atoms with Gasteiger partial charge in [-0.2, -0.15) is 0 Å². The average Bonchev–Trinajstić information content (AvgIpc) is 1.64. The Morgan fingerprint density at radius 2 is 0.876 bits per heavy atom. The number of hydrogen-bond donors (Lipinski definition) is 8. The number of carbonyl (C=O) groups excluding carboxylic acids is 6. The molecule has 4 atom stereocenters. The van der Waals surface area contributed by atoms with Crippen LogP contribution in [0.15, 0.2) is 97.1 Å². The predicted octanol–water partition coefficient (Wildman–Crippen LogP) is 18.7. The molecule has 13 rings (SSSR count). The number of alkyl carbamates (subject to hydrolysis) is 3. The van der Waals surface area contributed by atoms with Gasteiger partial charge in [0.2, 0.25) is 5.91 Å². The lowest BCUT2D eigenvalue weighted by Gasteiger charge is -2.22. The van der Waals surface area contributed by atoms with Gasteiger partial charge in [-0.3, -0.25) is 34.3 Å². The number of nitrogens with zero attached hydrogens (tertiary/aromatic N) is 4. The Kier molecular flexibility index (Phi) is 24.7. The molecule has 0 radical (unpaired) electrons. The molecule has 5 amide bonds. The van der Waals surface area contributed by atoms with Gasteiger partial charge in [0, 0.05) is 124 Å². The van der Waals surface area contributed by atoms with Crippen molar-refractivity contribution in [2.45, 2.75) is 186 Å². The van der Waals surface area contributed by atoms with Crippen molar-refractivity contribution in [2.24, 2.45) is 0 Å². The van der Waals surface area contributed by atoms with E-state index in [0.717, 1.165) is 131 Å². The number of hydrogen-bond acceptors (Lipinski definition) is 20. The van der Waals surface area contributed by atoms with Crippen molar-refractivity contribution in [3.8, 4) is 0 Å². The number of aromatic nitrogens is 4. The molecule has 0 spiro atoms. The monoisotopic (exact) mass is 1500 g/mol. The molecule has 4 aromatic carbocycles.